The Morgan fingerprint density at radius 2 is 2.00 bits per heavy atom. The third-order valence-corrected chi connectivity index (χ3v) is 2.83. The number of carbonyl (C=O) groups excluding carboxylic acids is 2. The van der Waals surface area contributed by atoms with Crippen LogP contribution in [0.4, 0.5) is 0 Å². The fraction of sp³-hybridized carbons (Fsp3) is 0.833. The minimum absolute atomic E-state index is 0.287. The lowest BCUT2D eigenvalue weighted by Crippen LogP contribution is -2.45. The third kappa shape index (κ3) is 2.82. The molecular weight excluding hydrogens is 206 g/mol. The number of aldehydes is 1. The van der Waals surface area contributed by atoms with Gasteiger partial charge in [0.25, 0.3) is 0 Å². The van der Waals surface area contributed by atoms with Crippen LogP contribution < -0.4 is 5.32 Å². The maximum Gasteiger partial charge on any atom is 0.312 e. The van der Waals surface area contributed by atoms with Gasteiger partial charge < -0.3 is 14.8 Å². The number of ether oxygens (including phenoxy) is 1. The Hall–Kier alpha value is -0.900. The van der Waals surface area contributed by atoms with Gasteiger partial charge in [0.15, 0.2) is 0 Å². The molecule has 1 rings (SSSR count). The number of esters is 1. The second kappa shape index (κ2) is 4.17. The zero-order valence-electron chi connectivity index (χ0n) is 10.7. The van der Waals surface area contributed by atoms with Crippen LogP contribution in [0, 0.1) is 11.8 Å². The smallest absolute Gasteiger partial charge is 0.312 e. The van der Waals surface area contributed by atoms with Crippen molar-refractivity contribution in [3.63, 3.8) is 0 Å². The molecule has 0 aromatic carbocycles. The molecule has 92 valence electrons. The van der Waals surface area contributed by atoms with Crippen molar-refractivity contribution in [2.45, 2.75) is 45.8 Å². The fourth-order valence-electron chi connectivity index (χ4n) is 2.11. The van der Waals surface area contributed by atoms with Gasteiger partial charge in [0.1, 0.15) is 11.9 Å². The summed E-state index contributed by atoms with van der Waals surface area (Å²) < 4.78 is 5.35. The van der Waals surface area contributed by atoms with Gasteiger partial charge in [0.05, 0.1) is 5.92 Å². The summed E-state index contributed by atoms with van der Waals surface area (Å²) in [6.07, 6.45) is 0.844. The number of nitrogens with one attached hydrogen (secondary N) is 1. The summed E-state index contributed by atoms with van der Waals surface area (Å²) in [4.78, 5) is 23.0. The van der Waals surface area contributed by atoms with E-state index in [1.807, 2.05) is 34.6 Å². The summed E-state index contributed by atoms with van der Waals surface area (Å²) in [6.45, 7) is 9.87. The molecule has 0 spiro atoms. The second-order valence-electron chi connectivity index (χ2n) is 5.91. The highest BCUT2D eigenvalue weighted by atomic mass is 16.6. The van der Waals surface area contributed by atoms with Gasteiger partial charge in [-0.2, -0.15) is 0 Å². The molecule has 0 amide bonds. The average molecular weight is 227 g/mol. The minimum atomic E-state index is -0.511. The summed E-state index contributed by atoms with van der Waals surface area (Å²) in [5.74, 6) is -0.978. The zero-order chi connectivity index (χ0) is 12.6. The number of rotatable bonds is 2. The maximum atomic E-state index is 12.0. The van der Waals surface area contributed by atoms with Crippen LogP contribution in [0.25, 0.3) is 0 Å². The van der Waals surface area contributed by atoms with E-state index >= 15 is 0 Å². The molecule has 4 heteroatoms. The largest absolute Gasteiger partial charge is 0.460 e. The van der Waals surface area contributed by atoms with Crippen molar-refractivity contribution in [3.8, 4) is 0 Å². The van der Waals surface area contributed by atoms with Gasteiger partial charge in [-0.05, 0) is 34.6 Å². The predicted molar refractivity (Wildman–Crippen MR) is 61.0 cm³/mol. The van der Waals surface area contributed by atoms with Crippen LogP contribution in [-0.2, 0) is 14.3 Å². The van der Waals surface area contributed by atoms with Crippen LogP contribution in [0.1, 0.15) is 34.6 Å². The van der Waals surface area contributed by atoms with E-state index in [1.165, 1.54) is 0 Å². The van der Waals surface area contributed by atoms with E-state index in [9.17, 15) is 9.59 Å². The highest BCUT2D eigenvalue weighted by Crippen LogP contribution is 2.32. The first-order chi connectivity index (χ1) is 7.17. The number of carbonyl (C=O) groups is 2. The Labute approximate surface area is 96.7 Å². The first kappa shape index (κ1) is 13.2. The maximum absolute atomic E-state index is 12.0. The highest BCUT2D eigenvalue weighted by Gasteiger charge is 2.47. The van der Waals surface area contributed by atoms with Gasteiger partial charge in [0.2, 0.25) is 0 Å². The van der Waals surface area contributed by atoms with E-state index in [2.05, 4.69) is 5.32 Å². The monoisotopic (exact) mass is 227 g/mol. The Morgan fingerprint density at radius 3 is 2.44 bits per heavy atom. The molecule has 1 aliphatic rings. The lowest BCUT2D eigenvalue weighted by atomic mass is 9.83. The molecule has 0 aliphatic carbocycles. The van der Waals surface area contributed by atoms with E-state index in [-0.39, 0.29) is 17.4 Å². The second-order valence-corrected chi connectivity index (χ2v) is 5.91. The molecular formula is C12H21NO3. The molecule has 0 bridgehead atoms. The Bertz CT molecular complexity index is 291. The molecule has 1 saturated heterocycles. The Kier molecular flexibility index (Phi) is 3.43. The summed E-state index contributed by atoms with van der Waals surface area (Å²) in [7, 11) is 0. The normalized spacial score (nSPS) is 28.8. The molecule has 0 aromatic rings. The summed E-state index contributed by atoms with van der Waals surface area (Å²) >= 11 is 0. The van der Waals surface area contributed by atoms with Crippen LogP contribution in [0.15, 0.2) is 0 Å². The molecule has 4 nitrogen and oxygen atoms in total. The molecule has 1 N–H and O–H groups in total. The van der Waals surface area contributed by atoms with Crippen molar-refractivity contribution >= 4 is 12.3 Å². The minimum Gasteiger partial charge on any atom is -0.460 e. The molecule has 1 aliphatic heterocycles. The van der Waals surface area contributed by atoms with E-state index in [4.69, 9.17) is 4.74 Å². The summed E-state index contributed by atoms with van der Waals surface area (Å²) in [6, 6.07) is 0. The van der Waals surface area contributed by atoms with Crippen molar-refractivity contribution in [3.05, 3.63) is 0 Å². The lowest BCUT2D eigenvalue weighted by molar-refractivity contribution is -0.163. The molecule has 1 unspecified atom stereocenters. The van der Waals surface area contributed by atoms with Crippen molar-refractivity contribution in [1.29, 1.82) is 0 Å². The van der Waals surface area contributed by atoms with Crippen LogP contribution in [0.2, 0.25) is 0 Å². The molecule has 1 heterocycles. The fourth-order valence-corrected chi connectivity index (χ4v) is 2.11. The van der Waals surface area contributed by atoms with E-state index in [0.29, 0.717) is 6.54 Å². The SMILES string of the molecule is CC(C)(C)OC(=O)[C@@H]1C(C=O)CNC1(C)C. The quantitative estimate of drug-likeness (QED) is 0.568. The standard InChI is InChI=1S/C12H21NO3/c1-11(2,3)16-10(15)9-8(7-14)6-13-12(9,4)5/h7-9,13H,6H2,1-5H3/t8?,9-/m0/s1. The molecule has 1 fully saturated rings. The zero-order valence-corrected chi connectivity index (χ0v) is 10.7. The van der Waals surface area contributed by atoms with E-state index < -0.39 is 11.5 Å². The van der Waals surface area contributed by atoms with Crippen molar-refractivity contribution in [1.82, 2.24) is 5.32 Å². The van der Waals surface area contributed by atoms with Gasteiger partial charge in [-0.15, -0.1) is 0 Å². The van der Waals surface area contributed by atoms with Crippen LogP contribution >= 0.6 is 0 Å². The van der Waals surface area contributed by atoms with Gasteiger partial charge in [0, 0.05) is 18.0 Å². The van der Waals surface area contributed by atoms with E-state index in [0.717, 1.165) is 6.29 Å². The Morgan fingerprint density at radius 1 is 1.44 bits per heavy atom. The van der Waals surface area contributed by atoms with Crippen LogP contribution in [0.5, 0.6) is 0 Å². The summed E-state index contributed by atoms with van der Waals surface area (Å²) in [5, 5.41) is 3.18. The first-order valence-corrected chi connectivity index (χ1v) is 5.60. The number of hydrogen-bond acceptors (Lipinski definition) is 4. The van der Waals surface area contributed by atoms with Crippen molar-refractivity contribution < 1.29 is 14.3 Å². The predicted octanol–water partition coefficient (Wildman–Crippen LogP) is 1.14. The van der Waals surface area contributed by atoms with Crippen LogP contribution in [0.3, 0.4) is 0 Å². The van der Waals surface area contributed by atoms with Gasteiger partial charge in [-0.25, -0.2) is 0 Å². The molecule has 0 saturated carbocycles. The molecule has 0 radical (unpaired) electrons. The topological polar surface area (TPSA) is 55.4 Å². The van der Waals surface area contributed by atoms with Crippen molar-refractivity contribution in [2.75, 3.05) is 6.54 Å². The summed E-state index contributed by atoms with van der Waals surface area (Å²) in [5.41, 5.74) is -0.892. The van der Waals surface area contributed by atoms with Gasteiger partial charge in [-0.3, -0.25) is 4.79 Å². The Balaban J connectivity index is 2.83. The lowest BCUT2D eigenvalue weighted by Gasteiger charge is -2.30. The average Bonchev–Trinajstić information content (AvgIpc) is 2.37. The van der Waals surface area contributed by atoms with Crippen molar-refractivity contribution in [2.24, 2.45) is 11.8 Å². The first-order valence-electron chi connectivity index (χ1n) is 5.60. The number of hydrogen-bond donors (Lipinski definition) is 1. The molecule has 2 atom stereocenters. The van der Waals surface area contributed by atoms with Gasteiger partial charge >= 0.3 is 5.97 Å². The van der Waals surface area contributed by atoms with Crippen LogP contribution in [-0.4, -0.2) is 29.9 Å². The molecule has 16 heavy (non-hydrogen) atoms. The van der Waals surface area contributed by atoms with E-state index in [1.54, 1.807) is 0 Å². The molecule has 0 aromatic heterocycles. The highest BCUT2D eigenvalue weighted by molar-refractivity contribution is 5.79. The third-order valence-electron chi connectivity index (χ3n) is 2.83. The van der Waals surface area contributed by atoms with Gasteiger partial charge in [-0.1, -0.05) is 0 Å².